The van der Waals surface area contributed by atoms with E-state index in [2.05, 4.69) is 15.2 Å². The van der Waals surface area contributed by atoms with Gasteiger partial charge in [-0.25, -0.2) is 9.78 Å². The van der Waals surface area contributed by atoms with Gasteiger partial charge in [-0.15, -0.1) is 5.11 Å². The van der Waals surface area contributed by atoms with Gasteiger partial charge in [-0.1, -0.05) is 12.1 Å². The van der Waals surface area contributed by atoms with Crippen molar-refractivity contribution in [2.45, 2.75) is 0 Å². The lowest BCUT2D eigenvalue weighted by atomic mass is 10.2. The lowest BCUT2D eigenvalue weighted by molar-refractivity contribution is 0.0697. The summed E-state index contributed by atoms with van der Waals surface area (Å²) in [5, 5.41) is 17.2. The maximum absolute atomic E-state index is 11.0. The molecule has 4 aromatic rings. The lowest BCUT2D eigenvalue weighted by Gasteiger charge is -2.01. The van der Waals surface area contributed by atoms with Gasteiger partial charge in [0.1, 0.15) is 11.2 Å². The van der Waals surface area contributed by atoms with Crippen LogP contribution in [-0.2, 0) is 0 Å². The summed E-state index contributed by atoms with van der Waals surface area (Å²) < 4.78 is 5.74. The minimum Gasteiger partial charge on any atom is -0.478 e. The van der Waals surface area contributed by atoms with Crippen molar-refractivity contribution in [2.75, 3.05) is 5.73 Å². The number of carboxylic acid groups (broad SMARTS) is 1. The summed E-state index contributed by atoms with van der Waals surface area (Å²) in [7, 11) is 0. The molecule has 3 aromatic carbocycles. The number of rotatable bonds is 4. The standard InChI is InChI=1S/C20H14N4O3/c21-15-10-7-13(20(25)26)11-17(15)24-23-14-8-5-12(6-9-14)19-22-16-3-1-2-4-18(16)27-19/h1-11H,21H2,(H,25,26). The highest BCUT2D eigenvalue weighted by Gasteiger charge is 2.08. The zero-order valence-electron chi connectivity index (χ0n) is 14.0. The summed E-state index contributed by atoms with van der Waals surface area (Å²) >= 11 is 0. The van der Waals surface area contributed by atoms with Crippen LogP contribution >= 0.6 is 0 Å². The number of oxazole rings is 1. The van der Waals surface area contributed by atoms with E-state index in [1.54, 1.807) is 12.1 Å². The maximum Gasteiger partial charge on any atom is 0.335 e. The quantitative estimate of drug-likeness (QED) is 0.385. The molecular formula is C20H14N4O3. The Kier molecular flexibility index (Phi) is 4.10. The van der Waals surface area contributed by atoms with Crippen molar-refractivity contribution in [3.05, 3.63) is 72.3 Å². The van der Waals surface area contributed by atoms with Gasteiger partial charge in [-0.3, -0.25) is 0 Å². The van der Waals surface area contributed by atoms with Crippen LogP contribution in [0.15, 0.2) is 81.4 Å². The highest BCUT2D eigenvalue weighted by molar-refractivity contribution is 5.90. The van der Waals surface area contributed by atoms with Gasteiger partial charge in [-0.05, 0) is 54.6 Å². The molecule has 0 radical (unpaired) electrons. The van der Waals surface area contributed by atoms with Crippen LogP contribution < -0.4 is 5.73 Å². The van der Waals surface area contributed by atoms with Crippen molar-refractivity contribution in [2.24, 2.45) is 10.2 Å². The Hall–Kier alpha value is -4.00. The summed E-state index contributed by atoms with van der Waals surface area (Å²) in [5.74, 6) is -0.521. The van der Waals surface area contributed by atoms with E-state index in [1.807, 2.05) is 36.4 Å². The van der Waals surface area contributed by atoms with Crippen LogP contribution in [0.25, 0.3) is 22.6 Å². The molecule has 1 heterocycles. The molecule has 0 aliphatic carbocycles. The number of hydrogen-bond acceptors (Lipinski definition) is 6. The molecule has 132 valence electrons. The van der Waals surface area contributed by atoms with E-state index in [0.717, 1.165) is 16.7 Å². The van der Waals surface area contributed by atoms with Gasteiger partial charge in [0.15, 0.2) is 5.58 Å². The summed E-state index contributed by atoms with van der Waals surface area (Å²) in [4.78, 5) is 15.5. The number of carbonyl (C=O) groups is 1. The fourth-order valence-electron chi connectivity index (χ4n) is 2.54. The molecule has 0 aliphatic rings. The summed E-state index contributed by atoms with van der Waals surface area (Å²) in [6.07, 6.45) is 0. The molecule has 4 rings (SSSR count). The van der Waals surface area contributed by atoms with Crippen LogP contribution in [-0.4, -0.2) is 16.1 Å². The molecule has 0 fully saturated rings. The van der Waals surface area contributed by atoms with Crippen LogP contribution in [0.2, 0.25) is 0 Å². The predicted octanol–water partition coefficient (Wildman–Crippen LogP) is 5.19. The second-order valence-corrected chi connectivity index (χ2v) is 5.81. The average molecular weight is 358 g/mol. The molecule has 0 atom stereocenters. The van der Waals surface area contributed by atoms with E-state index >= 15 is 0 Å². The number of para-hydroxylation sites is 2. The number of hydrogen-bond donors (Lipinski definition) is 2. The Morgan fingerprint density at radius 1 is 1.00 bits per heavy atom. The number of fused-ring (bicyclic) bond motifs is 1. The van der Waals surface area contributed by atoms with Gasteiger partial charge >= 0.3 is 5.97 Å². The molecule has 27 heavy (non-hydrogen) atoms. The highest BCUT2D eigenvalue weighted by Crippen LogP contribution is 2.28. The Morgan fingerprint density at radius 3 is 2.52 bits per heavy atom. The Bertz CT molecular complexity index is 1130. The van der Waals surface area contributed by atoms with E-state index in [1.165, 1.54) is 18.2 Å². The van der Waals surface area contributed by atoms with Crippen molar-refractivity contribution < 1.29 is 14.3 Å². The first-order valence-corrected chi connectivity index (χ1v) is 8.11. The van der Waals surface area contributed by atoms with Crippen LogP contribution in [0, 0.1) is 0 Å². The first-order chi connectivity index (χ1) is 13.1. The summed E-state index contributed by atoms with van der Waals surface area (Å²) in [6.45, 7) is 0. The molecule has 0 amide bonds. The van der Waals surface area contributed by atoms with Gasteiger partial charge in [0, 0.05) is 5.56 Å². The van der Waals surface area contributed by atoms with Crippen molar-refractivity contribution in [1.82, 2.24) is 4.98 Å². The SMILES string of the molecule is Nc1ccc(C(=O)O)cc1N=Nc1ccc(-c2nc3ccccc3o2)cc1. The monoisotopic (exact) mass is 358 g/mol. The van der Waals surface area contributed by atoms with E-state index in [4.69, 9.17) is 15.3 Å². The maximum atomic E-state index is 11.0. The molecule has 1 aromatic heterocycles. The van der Waals surface area contributed by atoms with E-state index in [-0.39, 0.29) is 5.56 Å². The highest BCUT2D eigenvalue weighted by atomic mass is 16.4. The number of nitrogen functional groups attached to an aromatic ring is 1. The molecule has 0 unspecified atom stereocenters. The number of nitrogens with two attached hydrogens (primary N) is 1. The molecule has 0 aliphatic heterocycles. The van der Waals surface area contributed by atoms with Gasteiger partial charge in [0.2, 0.25) is 5.89 Å². The average Bonchev–Trinajstić information content (AvgIpc) is 3.12. The van der Waals surface area contributed by atoms with Crippen LogP contribution in [0.3, 0.4) is 0 Å². The zero-order chi connectivity index (χ0) is 18.8. The Morgan fingerprint density at radius 2 is 1.78 bits per heavy atom. The third kappa shape index (κ3) is 3.38. The zero-order valence-corrected chi connectivity index (χ0v) is 14.0. The van der Waals surface area contributed by atoms with Gasteiger partial charge < -0.3 is 15.3 Å². The fourth-order valence-corrected chi connectivity index (χ4v) is 2.54. The lowest BCUT2D eigenvalue weighted by Crippen LogP contribution is -1.96. The Labute approximate surface area is 153 Å². The topological polar surface area (TPSA) is 114 Å². The first kappa shape index (κ1) is 16.5. The minimum absolute atomic E-state index is 0.101. The molecule has 0 saturated carbocycles. The van der Waals surface area contributed by atoms with Crippen LogP contribution in [0.1, 0.15) is 10.4 Å². The number of azo groups is 1. The largest absolute Gasteiger partial charge is 0.478 e. The van der Waals surface area contributed by atoms with Crippen LogP contribution in [0.5, 0.6) is 0 Å². The number of nitrogens with zero attached hydrogens (tertiary/aromatic N) is 3. The first-order valence-electron chi connectivity index (χ1n) is 8.11. The van der Waals surface area contributed by atoms with E-state index < -0.39 is 5.97 Å². The molecule has 0 bridgehead atoms. The molecule has 0 spiro atoms. The molecular weight excluding hydrogens is 344 g/mol. The fraction of sp³-hybridized carbons (Fsp3) is 0. The van der Waals surface area contributed by atoms with Crippen molar-refractivity contribution in [3.63, 3.8) is 0 Å². The van der Waals surface area contributed by atoms with Crippen molar-refractivity contribution >= 4 is 34.1 Å². The van der Waals surface area contributed by atoms with Gasteiger partial charge in [0.25, 0.3) is 0 Å². The number of aromatic nitrogens is 1. The second kappa shape index (κ2) is 6.72. The second-order valence-electron chi connectivity index (χ2n) is 5.81. The van der Waals surface area contributed by atoms with Gasteiger partial charge in [-0.2, -0.15) is 5.11 Å². The number of aromatic carboxylic acids is 1. The normalized spacial score (nSPS) is 11.3. The summed E-state index contributed by atoms with van der Waals surface area (Å²) in [6, 6.07) is 19.1. The molecule has 0 saturated heterocycles. The Balaban J connectivity index is 1.58. The third-order valence-corrected chi connectivity index (χ3v) is 3.96. The van der Waals surface area contributed by atoms with Gasteiger partial charge in [0.05, 0.1) is 16.9 Å². The minimum atomic E-state index is -1.05. The number of carboxylic acids is 1. The smallest absolute Gasteiger partial charge is 0.335 e. The van der Waals surface area contributed by atoms with E-state index in [0.29, 0.717) is 23.0 Å². The summed E-state index contributed by atoms with van der Waals surface area (Å²) in [5.41, 5.74) is 9.51. The predicted molar refractivity (Wildman–Crippen MR) is 101 cm³/mol. The third-order valence-electron chi connectivity index (χ3n) is 3.96. The van der Waals surface area contributed by atoms with E-state index in [9.17, 15) is 4.79 Å². The van der Waals surface area contributed by atoms with Crippen molar-refractivity contribution in [1.29, 1.82) is 0 Å². The molecule has 7 heteroatoms. The molecule has 7 nitrogen and oxygen atoms in total. The number of anilines is 1. The molecule has 3 N–H and O–H groups in total. The van der Waals surface area contributed by atoms with Crippen LogP contribution in [0.4, 0.5) is 17.1 Å². The van der Waals surface area contributed by atoms with Crippen molar-refractivity contribution in [3.8, 4) is 11.5 Å². The number of benzene rings is 3.